The quantitative estimate of drug-likeness (QED) is 0.528. The van der Waals surface area contributed by atoms with Gasteiger partial charge in [-0.2, -0.15) is 10.4 Å². The van der Waals surface area contributed by atoms with E-state index in [4.69, 9.17) is 4.74 Å². The Balaban J connectivity index is 1.30. The van der Waals surface area contributed by atoms with Crippen molar-refractivity contribution < 1.29 is 27.9 Å². The van der Waals surface area contributed by atoms with Gasteiger partial charge in [0.1, 0.15) is 23.3 Å². The van der Waals surface area contributed by atoms with E-state index in [1.807, 2.05) is 12.1 Å². The highest BCUT2D eigenvalue weighted by atomic mass is 19.1. The third-order valence-electron chi connectivity index (χ3n) is 5.77. The van der Waals surface area contributed by atoms with Gasteiger partial charge in [0.15, 0.2) is 12.4 Å². The van der Waals surface area contributed by atoms with E-state index in [1.165, 1.54) is 15.8 Å². The van der Waals surface area contributed by atoms with Crippen LogP contribution in [0.5, 0.6) is 0 Å². The maximum Gasteiger partial charge on any atom is 0.309 e. The normalized spacial score (nSPS) is 13.6. The molecule has 184 valence electrons. The van der Waals surface area contributed by atoms with Gasteiger partial charge in [-0.1, -0.05) is 18.2 Å². The summed E-state index contributed by atoms with van der Waals surface area (Å²) < 4.78 is 33.6. The molecule has 1 aliphatic rings. The molecule has 0 radical (unpaired) electrons. The predicted octanol–water partition coefficient (Wildman–Crippen LogP) is 3.06. The number of ether oxygens (including phenoxy) is 1. The molecule has 0 atom stereocenters. The van der Waals surface area contributed by atoms with E-state index in [0.29, 0.717) is 11.8 Å². The number of esters is 1. The molecule has 0 spiro atoms. The van der Waals surface area contributed by atoms with Crippen LogP contribution >= 0.6 is 0 Å². The molecular weight excluding hydrogens is 472 g/mol. The lowest BCUT2D eigenvalue weighted by Gasteiger charge is -2.31. The van der Waals surface area contributed by atoms with Crippen molar-refractivity contribution in [2.75, 3.05) is 25.0 Å². The van der Waals surface area contributed by atoms with Crippen LogP contribution < -0.4 is 5.32 Å². The molecule has 11 heteroatoms. The summed E-state index contributed by atoms with van der Waals surface area (Å²) >= 11 is 0. The van der Waals surface area contributed by atoms with Crippen molar-refractivity contribution in [1.29, 1.82) is 5.26 Å². The summed E-state index contributed by atoms with van der Waals surface area (Å²) in [5.74, 6) is -3.92. The zero-order valence-corrected chi connectivity index (χ0v) is 19.0. The number of anilines is 1. The number of nitrogens with zero attached hydrogens (tertiary/aromatic N) is 4. The zero-order chi connectivity index (χ0) is 25.7. The monoisotopic (exact) mass is 493 g/mol. The lowest BCUT2D eigenvalue weighted by atomic mass is 9.96. The number of halogens is 2. The second kappa shape index (κ2) is 10.8. The highest BCUT2D eigenvalue weighted by Gasteiger charge is 2.30. The molecule has 1 aromatic heterocycles. The smallest absolute Gasteiger partial charge is 0.309 e. The number of rotatable bonds is 6. The summed E-state index contributed by atoms with van der Waals surface area (Å²) in [5.41, 5.74) is 0.543. The average Bonchev–Trinajstić information content (AvgIpc) is 3.30. The van der Waals surface area contributed by atoms with Crippen LogP contribution in [0.4, 0.5) is 14.6 Å². The minimum atomic E-state index is -0.944. The number of nitrogens with one attached hydrogen (secondary N) is 1. The Labute approximate surface area is 204 Å². The summed E-state index contributed by atoms with van der Waals surface area (Å²) in [6.45, 7) is -0.198. The van der Waals surface area contributed by atoms with Gasteiger partial charge in [0.2, 0.25) is 0 Å². The number of carbonyl (C=O) groups is 3. The van der Waals surface area contributed by atoms with Crippen LogP contribution in [0.2, 0.25) is 0 Å². The number of likely N-dealkylation sites (tertiary alicyclic amines) is 1. The number of amides is 2. The molecule has 0 unspecified atom stereocenters. The fourth-order valence-corrected chi connectivity index (χ4v) is 3.89. The summed E-state index contributed by atoms with van der Waals surface area (Å²) in [6, 6.07) is 13.6. The predicted molar refractivity (Wildman–Crippen MR) is 123 cm³/mol. The molecule has 9 nitrogen and oxygen atoms in total. The Morgan fingerprint density at radius 1 is 1.11 bits per heavy atom. The van der Waals surface area contributed by atoms with E-state index in [-0.39, 0.29) is 42.9 Å². The number of hydrogen-bond acceptors (Lipinski definition) is 6. The minimum absolute atomic E-state index is 0.146. The summed E-state index contributed by atoms with van der Waals surface area (Å²) in [6.07, 6.45) is 1.87. The summed E-state index contributed by atoms with van der Waals surface area (Å²) in [4.78, 5) is 38.8. The third-order valence-corrected chi connectivity index (χ3v) is 5.77. The zero-order valence-electron chi connectivity index (χ0n) is 19.0. The standard InChI is InChI=1S/C25H21F2N5O4/c26-18-6-7-20(21(27)12-18)24(34)31-10-8-16(9-11-31)25(35)36-15-22(33)30-23-17(13-28)14-29-32(23)19-4-2-1-3-5-19/h1-7,12,14,16H,8-11,15H2,(H,30,33). The molecule has 3 aromatic rings. The highest BCUT2D eigenvalue weighted by molar-refractivity contribution is 5.95. The molecule has 1 saturated heterocycles. The van der Waals surface area contributed by atoms with Crippen molar-refractivity contribution in [2.45, 2.75) is 12.8 Å². The number of benzene rings is 2. The molecule has 2 heterocycles. The highest BCUT2D eigenvalue weighted by Crippen LogP contribution is 2.22. The first-order valence-corrected chi connectivity index (χ1v) is 11.1. The van der Waals surface area contributed by atoms with E-state index < -0.39 is 41.9 Å². The first-order valence-electron chi connectivity index (χ1n) is 11.1. The van der Waals surface area contributed by atoms with E-state index in [0.717, 1.165) is 12.1 Å². The van der Waals surface area contributed by atoms with Crippen LogP contribution in [-0.2, 0) is 14.3 Å². The molecule has 4 rings (SSSR count). The molecule has 1 fully saturated rings. The van der Waals surface area contributed by atoms with Crippen LogP contribution in [0.3, 0.4) is 0 Å². The molecule has 1 N–H and O–H groups in total. The van der Waals surface area contributed by atoms with Crippen LogP contribution in [0.15, 0.2) is 54.7 Å². The molecule has 2 aromatic carbocycles. The van der Waals surface area contributed by atoms with Gasteiger partial charge < -0.3 is 15.0 Å². The number of nitriles is 1. The number of aromatic nitrogens is 2. The molecule has 0 aliphatic carbocycles. The summed E-state index contributed by atoms with van der Waals surface area (Å²) in [5, 5.41) is 16.0. The van der Waals surface area contributed by atoms with E-state index in [1.54, 1.807) is 24.3 Å². The second-order valence-corrected chi connectivity index (χ2v) is 8.11. The Morgan fingerprint density at radius 3 is 2.50 bits per heavy atom. The van der Waals surface area contributed by atoms with Crippen molar-refractivity contribution in [3.05, 3.63) is 77.5 Å². The van der Waals surface area contributed by atoms with Gasteiger partial charge >= 0.3 is 5.97 Å². The maximum atomic E-state index is 13.9. The number of para-hydroxylation sites is 1. The largest absolute Gasteiger partial charge is 0.455 e. The first-order chi connectivity index (χ1) is 17.4. The van der Waals surface area contributed by atoms with Gasteiger partial charge in [-0.25, -0.2) is 13.5 Å². The van der Waals surface area contributed by atoms with Crippen molar-refractivity contribution in [3.8, 4) is 11.8 Å². The van der Waals surface area contributed by atoms with Crippen molar-refractivity contribution in [1.82, 2.24) is 14.7 Å². The van der Waals surface area contributed by atoms with Gasteiger partial charge in [-0.3, -0.25) is 14.4 Å². The lowest BCUT2D eigenvalue weighted by molar-refractivity contribution is -0.152. The fourth-order valence-electron chi connectivity index (χ4n) is 3.89. The average molecular weight is 493 g/mol. The van der Waals surface area contributed by atoms with E-state index >= 15 is 0 Å². The van der Waals surface area contributed by atoms with Crippen LogP contribution in [0, 0.1) is 28.9 Å². The Bertz CT molecular complexity index is 1330. The van der Waals surface area contributed by atoms with Crippen LogP contribution in [0.25, 0.3) is 5.69 Å². The Kier molecular flexibility index (Phi) is 7.34. The van der Waals surface area contributed by atoms with Gasteiger partial charge in [-0.05, 0) is 37.1 Å². The lowest BCUT2D eigenvalue weighted by Crippen LogP contribution is -2.41. The molecule has 2 amide bonds. The van der Waals surface area contributed by atoms with Crippen molar-refractivity contribution in [3.63, 3.8) is 0 Å². The minimum Gasteiger partial charge on any atom is -0.455 e. The van der Waals surface area contributed by atoms with Gasteiger partial charge in [-0.15, -0.1) is 0 Å². The van der Waals surface area contributed by atoms with Crippen molar-refractivity contribution in [2.24, 2.45) is 5.92 Å². The number of hydrogen-bond donors (Lipinski definition) is 1. The topological polar surface area (TPSA) is 117 Å². The molecule has 36 heavy (non-hydrogen) atoms. The maximum absolute atomic E-state index is 13.9. The fraction of sp³-hybridized carbons (Fsp3) is 0.240. The summed E-state index contributed by atoms with van der Waals surface area (Å²) in [7, 11) is 0. The number of piperidine rings is 1. The second-order valence-electron chi connectivity index (χ2n) is 8.11. The van der Waals surface area contributed by atoms with Gasteiger partial charge in [0.05, 0.1) is 23.4 Å². The Hall–Kier alpha value is -4.59. The molecule has 0 bridgehead atoms. The third kappa shape index (κ3) is 5.38. The Morgan fingerprint density at radius 2 is 1.83 bits per heavy atom. The molecular formula is C25H21F2N5O4. The first kappa shape index (κ1) is 24.5. The molecule has 0 saturated carbocycles. The van der Waals surface area contributed by atoms with Crippen LogP contribution in [-0.4, -0.2) is 52.2 Å². The number of carbonyl (C=O) groups excluding carboxylic acids is 3. The van der Waals surface area contributed by atoms with E-state index in [9.17, 15) is 28.4 Å². The molecule has 1 aliphatic heterocycles. The van der Waals surface area contributed by atoms with E-state index in [2.05, 4.69) is 10.4 Å². The SMILES string of the molecule is N#Cc1cnn(-c2ccccc2)c1NC(=O)COC(=O)C1CCN(C(=O)c2ccc(F)cc2F)CC1. The van der Waals surface area contributed by atoms with Crippen molar-refractivity contribution >= 4 is 23.6 Å². The van der Waals surface area contributed by atoms with Crippen LogP contribution in [0.1, 0.15) is 28.8 Å². The van der Waals surface area contributed by atoms with Gasteiger partial charge in [0, 0.05) is 19.2 Å². The van der Waals surface area contributed by atoms with Gasteiger partial charge in [0.25, 0.3) is 11.8 Å².